The molecule has 0 saturated heterocycles. The van der Waals surface area contributed by atoms with Crippen molar-refractivity contribution >= 4 is 12.1 Å². The van der Waals surface area contributed by atoms with E-state index in [1.54, 1.807) is 31.2 Å². The number of nitrogens with one attached hydrogen (secondary N) is 1. The number of alkyl halides is 3. The lowest BCUT2D eigenvalue weighted by Crippen LogP contribution is -2.26. The molecule has 30 heavy (non-hydrogen) atoms. The van der Waals surface area contributed by atoms with Gasteiger partial charge in [0.15, 0.2) is 6.10 Å². The molecule has 1 unspecified atom stereocenters. The van der Waals surface area contributed by atoms with E-state index in [9.17, 15) is 22.8 Å². The van der Waals surface area contributed by atoms with Gasteiger partial charge in [-0.1, -0.05) is 37.3 Å². The van der Waals surface area contributed by atoms with Gasteiger partial charge in [-0.3, -0.25) is 0 Å². The van der Waals surface area contributed by atoms with Crippen LogP contribution >= 0.6 is 0 Å². The summed E-state index contributed by atoms with van der Waals surface area (Å²) < 4.78 is 48.5. The van der Waals surface area contributed by atoms with Crippen molar-refractivity contribution in [3.8, 4) is 5.75 Å². The van der Waals surface area contributed by atoms with Crippen LogP contribution < -0.4 is 10.1 Å². The fourth-order valence-corrected chi connectivity index (χ4v) is 2.59. The van der Waals surface area contributed by atoms with E-state index in [1.165, 1.54) is 12.1 Å². The van der Waals surface area contributed by atoms with Crippen LogP contribution in [0.5, 0.6) is 5.75 Å². The van der Waals surface area contributed by atoms with E-state index in [2.05, 4.69) is 5.32 Å². The van der Waals surface area contributed by atoms with Gasteiger partial charge < -0.3 is 19.9 Å². The number of hydrogen-bond donors (Lipinski definition) is 2. The first kappa shape index (κ1) is 23.1. The van der Waals surface area contributed by atoms with E-state index in [0.717, 1.165) is 12.1 Å². The molecule has 1 atom stereocenters. The van der Waals surface area contributed by atoms with Crippen LogP contribution in [-0.4, -0.2) is 29.9 Å². The summed E-state index contributed by atoms with van der Waals surface area (Å²) in [4.78, 5) is 22.9. The Labute approximate surface area is 171 Å². The van der Waals surface area contributed by atoms with Crippen molar-refractivity contribution in [2.45, 2.75) is 38.6 Å². The quantitative estimate of drug-likeness (QED) is 0.622. The molecule has 0 spiro atoms. The van der Waals surface area contributed by atoms with Gasteiger partial charge in [-0.2, -0.15) is 13.2 Å². The van der Waals surface area contributed by atoms with E-state index in [1.807, 2.05) is 0 Å². The minimum atomic E-state index is -4.42. The number of carbonyl (C=O) groups is 2. The Bertz CT molecular complexity index is 870. The Balaban J connectivity index is 1.80. The van der Waals surface area contributed by atoms with E-state index in [4.69, 9.17) is 14.6 Å². The third-order valence-corrected chi connectivity index (χ3v) is 4.14. The number of carboxylic acid groups (broad SMARTS) is 1. The lowest BCUT2D eigenvalue weighted by atomic mass is 10.1. The molecule has 1 amide bonds. The van der Waals surface area contributed by atoms with Gasteiger partial charge in [-0.25, -0.2) is 9.59 Å². The number of alkyl carbamates (subject to hydrolysis) is 1. The summed E-state index contributed by atoms with van der Waals surface area (Å²) in [6.07, 6.45) is -5.66. The van der Waals surface area contributed by atoms with Crippen LogP contribution in [0.4, 0.5) is 18.0 Å². The van der Waals surface area contributed by atoms with E-state index >= 15 is 0 Å². The van der Waals surface area contributed by atoms with Crippen LogP contribution in [0.1, 0.15) is 30.0 Å². The smallest absolute Gasteiger partial charge is 0.416 e. The van der Waals surface area contributed by atoms with Gasteiger partial charge in [0.2, 0.25) is 0 Å². The number of benzene rings is 2. The molecule has 2 N–H and O–H groups in total. The first-order chi connectivity index (χ1) is 14.2. The molecule has 0 radical (unpaired) electrons. The third-order valence-electron chi connectivity index (χ3n) is 4.14. The second kappa shape index (κ2) is 10.5. The fraction of sp³-hybridized carbons (Fsp3) is 0.333. The molecule has 0 bridgehead atoms. The average Bonchev–Trinajstić information content (AvgIpc) is 2.70. The molecule has 0 aliphatic heterocycles. The molecule has 162 valence electrons. The molecule has 2 aromatic carbocycles. The van der Waals surface area contributed by atoms with Crippen LogP contribution in [0, 0.1) is 0 Å². The minimum absolute atomic E-state index is 0.0763. The first-order valence-electron chi connectivity index (χ1n) is 9.24. The number of aliphatic carboxylic acids is 1. The van der Waals surface area contributed by atoms with Crippen LogP contribution in [0.3, 0.4) is 0 Å². The van der Waals surface area contributed by atoms with Crippen LogP contribution in [-0.2, 0) is 28.7 Å². The molecule has 0 heterocycles. The van der Waals surface area contributed by atoms with Gasteiger partial charge in [0.25, 0.3) is 0 Å². The van der Waals surface area contributed by atoms with Gasteiger partial charge in [0, 0.05) is 13.0 Å². The van der Waals surface area contributed by atoms with Gasteiger partial charge in [0.1, 0.15) is 5.75 Å². The summed E-state index contributed by atoms with van der Waals surface area (Å²) in [5, 5.41) is 11.6. The fourth-order valence-electron chi connectivity index (χ4n) is 2.59. The van der Waals surface area contributed by atoms with Crippen molar-refractivity contribution in [3.05, 3.63) is 65.2 Å². The maximum atomic E-state index is 12.7. The molecule has 0 fully saturated rings. The molecule has 2 aromatic rings. The molecule has 9 heteroatoms. The highest BCUT2D eigenvalue weighted by Gasteiger charge is 2.30. The zero-order valence-corrected chi connectivity index (χ0v) is 16.2. The van der Waals surface area contributed by atoms with Crippen LogP contribution in [0.25, 0.3) is 0 Å². The molecule has 0 aromatic heterocycles. The Morgan fingerprint density at radius 2 is 1.80 bits per heavy atom. The summed E-state index contributed by atoms with van der Waals surface area (Å²) in [5.41, 5.74) is 0.328. The molecule has 0 aliphatic carbocycles. The molecular weight excluding hydrogens is 403 g/mol. The summed E-state index contributed by atoms with van der Waals surface area (Å²) in [5.74, 6) is -0.702. The maximum Gasteiger partial charge on any atom is 0.416 e. The lowest BCUT2D eigenvalue weighted by molar-refractivity contribution is -0.145. The number of hydrogen-bond acceptors (Lipinski definition) is 4. The zero-order valence-electron chi connectivity index (χ0n) is 16.2. The number of ether oxygens (including phenoxy) is 2. The SMILES string of the molecule is CCC(Oc1cccc(CNC(=O)OCCc2cccc(C(F)(F)F)c2)c1)C(=O)O. The normalized spacial score (nSPS) is 12.1. The second-order valence-corrected chi connectivity index (χ2v) is 6.44. The largest absolute Gasteiger partial charge is 0.479 e. The highest BCUT2D eigenvalue weighted by Crippen LogP contribution is 2.29. The molecule has 0 saturated carbocycles. The highest BCUT2D eigenvalue weighted by molar-refractivity contribution is 5.72. The van der Waals surface area contributed by atoms with Crippen LogP contribution in [0.2, 0.25) is 0 Å². The summed E-state index contributed by atoms with van der Waals surface area (Å²) in [6.45, 7) is 1.73. The topological polar surface area (TPSA) is 84.9 Å². The second-order valence-electron chi connectivity index (χ2n) is 6.44. The van der Waals surface area contributed by atoms with Crippen molar-refractivity contribution in [3.63, 3.8) is 0 Å². The van der Waals surface area contributed by atoms with Crippen LogP contribution in [0.15, 0.2) is 48.5 Å². The summed E-state index contributed by atoms with van der Waals surface area (Å²) in [7, 11) is 0. The molecule has 0 aliphatic rings. The van der Waals surface area contributed by atoms with Crippen molar-refractivity contribution in [1.29, 1.82) is 0 Å². The molecular formula is C21H22F3NO5. The number of carbonyl (C=O) groups excluding carboxylic acids is 1. The predicted octanol–water partition coefficient (Wildman–Crippen LogP) is 4.42. The van der Waals surface area contributed by atoms with Gasteiger partial charge in [0.05, 0.1) is 12.2 Å². The van der Waals surface area contributed by atoms with Crippen molar-refractivity contribution < 1.29 is 37.3 Å². The standard InChI is InChI=1S/C21H22F3NO5/c1-2-18(19(26)27)30-17-8-4-6-15(12-17)13-25-20(28)29-10-9-14-5-3-7-16(11-14)21(22,23)24/h3-8,11-12,18H,2,9-10,13H2,1H3,(H,25,28)(H,26,27). The number of amides is 1. The minimum Gasteiger partial charge on any atom is -0.479 e. The Morgan fingerprint density at radius 3 is 2.47 bits per heavy atom. The summed E-state index contributed by atoms with van der Waals surface area (Å²) >= 11 is 0. The first-order valence-corrected chi connectivity index (χ1v) is 9.24. The van der Waals surface area contributed by atoms with E-state index in [0.29, 0.717) is 23.3 Å². The zero-order chi connectivity index (χ0) is 22.1. The Kier molecular flexibility index (Phi) is 8.08. The van der Waals surface area contributed by atoms with E-state index < -0.39 is 29.9 Å². The monoisotopic (exact) mass is 425 g/mol. The van der Waals surface area contributed by atoms with Gasteiger partial charge in [-0.15, -0.1) is 0 Å². The number of carboxylic acids is 1. The lowest BCUT2D eigenvalue weighted by Gasteiger charge is -2.14. The van der Waals surface area contributed by atoms with Gasteiger partial charge >= 0.3 is 18.2 Å². The maximum absolute atomic E-state index is 12.7. The van der Waals surface area contributed by atoms with Crippen molar-refractivity contribution in [2.24, 2.45) is 0 Å². The number of rotatable bonds is 9. The Morgan fingerprint density at radius 1 is 1.10 bits per heavy atom. The highest BCUT2D eigenvalue weighted by atomic mass is 19.4. The Hall–Kier alpha value is -3.23. The van der Waals surface area contributed by atoms with E-state index in [-0.39, 0.29) is 19.6 Å². The van der Waals surface area contributed by atoms with Gasteiger partial charge in [-0.05, 0) is 35.7 Å². The summed E-state index contributed by atoms with van der Waals surface area (Å²) in [6, 6.07) is 11.4. The number of halogens is 3. The average molecular weight is 425 g/mol. The van der Waals surface area contributed by atoms with Crippen molar-refractivity contribution in [1.82, 2.24) is 5.32 Å². The predicted molar refractivity (Wildman–Crippen MR) is 102 cm³/mol. The van der Waals surface area contributed by atoms with Crippen molar-refractivity contribution in [2.75, 3.05) is 6.61 Å². The molecule has 2 rings (SSSR count). The third kappa shape index (κ3) is 7.31. The molecule has 6 nitrogen and oxygen atoms in total.